The van der Waals surface area contributed by atoms with Crippen LogP contribution in [0.5, 0.6) is 5.75 Å². The fourth-order valence-electron chi connectivity index (χ4n) is 6.51. The topological polar surface area (TPSA) is 203 Å². The molecule has 1 saturated heterocycles. The first-order valence-electron chi connectivity index (χ1n) is 19.3. The van der Waals surface area contributed by atoms with Gasteiger partial charge in [0.25, 0.3) is 5.91 Å². The van der Waals surface area contributed by atoms with Gasteiger partial charge in [-0.1, -0.05) is 69.4 Å². The highest BCUT2D eigenvalue weighted by atomic mass is 16.5. The number of fused-ring (bicyclic) bond motifs is 2. The average molecular weight is 778 g/mol. The van der Waals surface area contributed by atoms with Crippen LogP contribution in [0.2, 0.25) is 0 Å². The Labute approximate surface area is 329 Å². The monoisotopic (exact) mass is 777 g/mol. The third-order valence-electron chi connectivity index (χ3n) is 9.95. The molecular weight excluding hydrogens is 718 g/mol. The molecule has 1 aromatic rings. The Morgan fingerprint density at radius 2 is 1.77 bits per heavy atom. The summed E-state index contributed by atoms with van der Waals surface area (Å²) in [6, 6.07) is 3.13. The zero-order valence-electron chi connectivity index (χ0n) is 33.3. The normalized spacial score (nSPS) is 27.7. The molecule has 0 aliphatic carbocycles. The quantitative estimate of drug-likeness (QED) is 0.123. The maximum Gasteiger partial charge on any atom is 0.325 e. The number of hydrogen-bond donors (Lipinski definition) is 6. The average Bonchev–Trinajstić information content (AvgIpc) is 3.16. The summed E-state index contributed by atoms with van der Waals surface area (Å²) in [6.45, 7) is 8.71. The van der Waals surface area contributed by atoms with Crippen LogP contribution in [0.1, 0.15) is 78.7 Å². The van der Waals surface area contributed by atoms with Crippen LogP contribution in [0.15, 0.2) is 72.4 Å². The van der Waals surface area contributed by atoms with E-state index in [2.05, 4.69) is 21.4 Å². The lowest BCUT2D eigenvalue weighted by atomic mass is 9.85. The maximum absolute atomic E-state index is 14.3. The number of carbonyl (C=O) groups excluding carboxylic acids is 6. The van der Waals surface area contributed by atoms with E-state index in [0.29, 0.717) is 36.8 Å². The summed E-state index contributed by atoms with van der Waals surface area (Å²) in [5.41, 5.74) is 4.23. The second-order valence-corrected chi connectivity index (χ2v) is 14.9. The summed E-state index contributed by atoms with van der Waals surface area (Å²) in [5.74, 6) is -4.63. The van der Waals surface area contributed by atoms with Crippen LogP contribution in [0.3, 0.4) is 0 Å². The second kappa shape index (κ2) is 22.5. The van der Waals surface area contributed by atoms with E-state index >= 15 is 0 Å². The number of hydrogen-bond acceptors (Lipinski definition) is 10. The maximum atomic E-state index is 14.3. The number of aliphatic hydroxyl groups is 1. The third-order valence-corrected chi connectivity index (χ3v) is 9.95. The number of allylic oxidation sites excluding steroid dienone is 5. The van der Waals surface area contributed by atoms with Crippen molar-refractivity contribution in [2.45, 2.75) is 110 Å². The number of carbonyl (C=O) groups is 6. The molecule has 14 nitrogen and oxygen atoms in total. The lowest BCUT2D eigenvalue weighted by Gasteiger charge is -2.36. The predicted molar refractivity (Wildman–Crippen MR) is 211 cm³/mol. The molecule has 306 valence electrons. The van der Waals surface area contributed by atoms with Crippen molar-refractivity contribution in [2.24, 2.45) is 17.8 Å². The Balaban J connectivity index is 2.05. The largest absolute Gasteiger partial charge is 0.508 e. The fourth-order valence-corrected chi connectivity index (χ4v) is 6.51. The first-order valence-corrected chi connectivity index (χ1v) is 19.3. The van der Waals surface area contributed by atoms with E-state index in [4.69, 9.17) is 4.74 Å². The number of ether oxygens (including phenoxy) is 1. The highest BCUT2D eigenvalue weighted by Crippen LogP contribution is 2.24. The lowest BCUT2D eigenvalue weighted by molar-refractivity contribution is -0.156. The molecule has 6 N–H and O–H groups in total. The van der Waals surface area contributed by atoms with E-state index < -0.39 is 71.8 Å². The number of amides is 4. The van der Waals surface area contributed by atoms with Crippen molar-refractivity contribution in [3.8, 4) is 5.75 Å². The first kappa shape index (κ1) is 45.3. The van der Waals surface area contributed by atoms with Crippen molar-refractivity contribution in [3.05, 3.63) is 77.9 Å². The molecule has 2 aliphatic rings. The summed E-state index contributed by atoms with van der Waals surface area (Å²) in [6.07, 6.45) is 11.7. The molecule has 2 aliphatic heterocycles. The molecule has 0 saturated carbocycles. The van der Waals surface area contributed by atoms with Crippen LogP contribution in [0, 0.1) is 17.8 Å². The number of hydrazine groups is 1. The smallest absolute Gasteiger partial charge is 0.325 e. The molecule has 3 rings (SSSR count). The predicted octanol–water partition coefficient (Wildman–Crippen LogP) is 3.10. The van der Waals surface area contributed by atoms with Crippen LogP contribution in [-0.2, 0) is 39.9 Å². The van der Waals surface area contributed by atoms with Crippen molar-refractivity contribution in [3.63, 3.8) is 0 Å². The molecule has 4 amide bonds. The van der Waals surface area contributed by atoms with Gasteiger partial charge in [0.2, 0.25) is 17.7 Å². The van der Waals surface area contributed by atoms with Crippen molar-refractivity contribution < 1.29 is 43.7 Å². The summed E-state index contributed by atoms with van der Waals surface area (Å²) in [5, 5.41) is 31.0. The van der Waals surface area contributed by atoms with E-state index in [0.717, 1.165) is 0 Å². The van der Waals surface area contributed by atoms with Gasteiger partial charge in [0.1, 0.15) is 35.8 Å². The van der Waals surface area contributed by atoms with Crippen LogP contribution >= 0.6 is 0 Å². The highest BCUT2D eigenvalue weighted by Gasteiger charge is 2.37. The van der Waals surface area contributed by atoms with Gasteiger partial charge in [-0.3, -0.25) is 29.0 Å². The minimum Gasteiger partial charge on any atom is -0.508 e. The first-order chi connectivity index (χ1) is 26.6. The number of benzene rings is 1. The Bertz CT molecular complexity index is 1670. The number of phenolic OH excluding ortho intramolecular Hbond substituents is 1. The second-order valence-electron chi connectivity index (χ2n) is 14.9. The molecule has 56 heavy (non-hydrogen) atoms. The molecule has 7 atom stereocenters. The number of phenols is 1. The number of likely N-dealkylation sites (N-methyl/N-ethyl adjacent to an activating group) is 1. The molecule has 0 aromatic heterocycles. The van der Waals surface area contributed by atoms with Crippen molar-refractivity contribution >= 4 is 35.4 Å². The minimum absolute atomic E-state index is 0.0159. The fraction of sp³-hybridized carbons (Fsp3) is 0.524. The van der Waals surface area contributed by atoms with Gasteiger partial charge < -0.3 is 35.7 Å². The molecule has 2 bridgehead atoms. The number of Topliss-reactive ketones (excluding diaryl/α,β-unsaturated/α-hetero) is 1. The molecule has 14 heteroatoms. The SMILES string of the molecule is CNC(=O)/C=C/C=C(\C)[C@@H]1C/C=C/C=C/C[C@H](C)[C@@H](O)[C@@H](CCC(C)=O)C(=O)N[C@@H](C(C)C)C(=O)N[C@@H](Cc2cccc(O)c2)C(=O)N2CCCC(N2)C(=O)O1. The molecule has 1 aromatic carbocycles. The van der Waals surface area contributed by atoms with Gasteiger partial charge in [-0.2, -0.15) is 0 Å². The highest BCUT2D eigenvalue weighted by molar-refractivity contribution is 5.93. The van der Waals surface area contributed by atoms with E-state index in [1.165, 1.54) is 37.2 Å². The van der Waals surface area contributed by atoms with Gasteiger partial charge in [-0.15, -0.1) is 0 Å². The van der Waals surface area contributed by atoms with Crippen molar-refractivity contribution in [1.82, 2.24) is 26.4 Å². The Kier molecular flexibility index (Phi) is 18.2. The van der Waals surface area contributed by atoms with Gasteiger partial charge in [0.05, 0.1) is 12.0 Å². The van der Waals surface area contributed by atoms with E-state index in [1.54, 1.807) is 64.1 Å². The number of ketones is 1. The van der Waals surface area contributed by atoms with E-state index in [9.17, 15) is 39.0 Å². The Morgan fingerprint density at radius 3 is 2.43 bits per heavy atom. The number of aromatic hydroxyl groups is 1. The Hall–Kier alpha value is -5.08. The molecule has 0 spiro atoms. The number of cyclic esters (lactones) is 1. The molecule has 0 radical (unpaired) electrons. The number of nitrogens with zero attached hydrogens (tertiary/aromatic N) is 1. The number of esters is 1. The van der Waals surface area contributed by atoms with Crippen LogP contribution in [0.4, 0.5) is 0 Å². The molecular formula is C42H59N5O9. The van der Waals surface area contributed by atoms with Gasteiger partial charge in [-0.25, -0.2) is 5.43 Å². The van der Waals surface area contributed by atoms with Crippen LogP contribution < -0.4 is 21.4 Å². The van der Waals surface area contributed by atoms with Gasteiger partial charge in [0.15, 0.2) is 0 Å². The minimum atomic E-state index is -1.18. The summed E-state index contributed by atoms with van der Waals surface area (Å²) < 4.78 is 6.00. The molecule has 1 unspecified atom stereocenters. The van der Waals surface area contributed by atoms with Crippen LogP contribution in [-0.4, -0.2) is 94.5 Å². The standard InChI is InChI=1S/C42H59N5O9/c1-26(2)37-40(53)44-34(25-30-16-12-17-31(49)24-30)41(54)47-23-13-18-33(46-47)42(55)56-35(27(3)15-11-20-36(50)43-6)19-10-8-7-9-14-28(4)38(51)32(39(52)45-37)22-21-29(5)48/h7-12,15-17,20,24,26,28,32-35,37-38,46,49,51H,13-14,18-19,21-23,25H2,1-6H3,(H,43,50)(H,44,53)(H,45,52)/b9-7+,10-8+,20-11+,27-15+/t28-,32+,33?,34-,35-,37-,38+/m0/s1. The summed E-state index contributed by atoms with van der Waals surface area (Å²) >= 11 is 0. The van der Waals surface area contributed by atoms with Gasteiger partial charge >= 0.3 is 5.97 Å². The number of rotatable bonds is 9. The third kappa shape index (κ3) is 14.2. The zero-order chi connectivity index (χ0) is 41.4. The molecule has 2 heterocycles. The number of nitrogens with one attached hydrogen (secondary N) is 4. The van der Waals surface area contributed by atoms with E-state index in [-0.39, 0.29) is 43.2 Å². The lowest BCUT2D eigenvalue weighted by Crippen LogP contribution is -2.62. The van der Waals surface area contributed by atoms with Gasteiger partial charge in [-0.05, 0) is 74.6 Å². The van der Waals surface area contributed by atoms with Gasteiger partial charge in [0, 0.05) is 38.9 Å². The van der Waals surface area contributed by atoms with Crippen molar-refractivity contribution in [2.75, 3.05) is 13.6 Å². The Morgan fingerprint density at radius 1 is 1.05 bits per heavy atom. The number of aliphatic hydroxyl groups excluding tert-OH is 1. The molecule has 1 fully saturated rings. The van der Waals surface area contributed by atoms with Crippen LogP contribution in [0.25, 0.3) is 0 Å². The van der Waals surface area contributed by atoms with E-state index in [1.807, 2.05) is 12.2 Å². The summed E-state index contributed by atoms with van der Waals surface area (Å²) in [4.78, 5) is 79.5. The summed E-state index contributed by atoms with van der Waals surface area (Å²) in [7, 11) is 1.52. The van der Waals surface area contributed by atoms with Crippen molar-refractivity contribution in [1.29, 1.82) is 0 Å². The zero-order valence-corrected chi connectivity index (χ0v) is 33.3.